The predicted octanol–water partition coefficient (Wildman–Crippen LogP) is 3.13. The fourth-order valence-electron chi connectivity index (χ4n) is 1.64. The van der Waals surface area contributed by atoms with Gasteiger partial charge in [-0.15, -0.1) is 0 Å². The Bertz CT molecular complexity index is 444. The van der Waals surface area contributed by atoms with Crippen molar-refractivity contribution in [3.8, 4) is 5.75 Å². The van der Waals surface area contributed by atoms with E-state index >= 15 is 0 Å². The molecule has 0 aliphatic rings. The van der Waals surface area contributed by atoms with E-state index in [9.17, 15) is 10.1 Å². The molecule has 0 aromatic heterocycles. The molecule has 19 heavy (non-hydrogen) atoms. The number of benzene rings is 1. The molecule has 0 aliphatic carbocycles. The number of nitrogens with one attached hydrogen (secondary N) is 1. The summed E-state index contributed by atoms with van der Waals surface area (Å²) in [5.74, 6) is 0.515. The van der Waals surface area contributed by atoms with E-state index in [0.29, 0.717) is 12.3 Å². The van der Waals surface area contributed by atoms with Gasteiger partial charge in [-0.2, -0.15) is 0 Å². The molecule has 1 N–H and O–H groups in total. The van der Waals surface area contributed by atoms with E-state index in [4.69, 9.17) is 4.74 Å². The van der Waals surface area contributed by atoms with E-state index in [-0.39, 0.29) is 11.1 Å². The highest BCUT2D eigenvalue weighted by molar-refractivity contribution is 5.42. The zero-order valence-corrected chi connectivity index (χ0v) is 12.0. The lowest BCUT2D eigenvalue weighted by atomic mass is 9.90. The molecule has 0 fully saturated rings. The molecule has 0 unspecified atom stereocenters. The van der Waals surface area contributed by atoms with Gasteiger partial charge >= 0.3 is 0 Å². The van der Waals surface area contributed by atoms with Gasteiger partial charge in [0.1, 0.15) is 5.75 Å². The Morgan fingerprint density at radius 1 is 1.37 bits per heavy atom. The third-order valence-corrected chi connectivity index (χ3v) is 3.29. The first-order valence-electron chi connectivity index (χ1n) is 6.41. The zero-order chi connectivity index (χ0) is 14.5. The molecule has 0 spiro atoms. The third-order valence-electron chi connectivity index (χ3n) is 3.29. The van der Waals surface area contributed by atoms with Crippen molar-refractivity contribution in [1.82, 2.24) is 5.32 Å². The van der Waals surface area contributed by atoms with Gasteiger partial charge in [0.25, 0.3) is 5.69 Å². The molecule has 0 radical (unpaired) electrons. The summed E-state index contributed by atoms with van der Waals surface area (Å²) in [4.78, 5) is 10.4. The maximum absolute atomic E-state index is 10.8. The predicted molar refractivity (Wildman–Crippen MR) is 75.4 cm³/mol. The molecule has 0 saturated heterocycles. The normalized spacial score (nSPS) is 11.4. The van der Waals surface area contributed by atoms with Gasteiger partial charge in [-0.05, 0) is 23.5 Å². The minimum atomic E-state index is -0.401. The van der Waals surface area contributed by atoms with E-state index < -0.39 is 4.92 Å². The summed E-state index contributed by atoms with van der Waals surface area (Å²) in [5.41, 5.74) is 1.15. The Morgan fingerprint density at radius 3 is 2.58 bits per heavy atom. The number of hydrogen-bond donors (Lipinski definition) is 1. The molecule has 0 saturated carbocycles. The Labute approximate surface area is 114 Å². The largest absolute Gasteiger partial charge is 0.496 e. The molecular formula is C14H22N2O3. The first-order valence-corrected chi connectivity index (χ1v) is 6.41. The van der Waals surface area contributed by atoms with Crippen molar-refractivity contribution in [2.45, 2.75) is 33.7 Å². The van der Waals surface area contributed by atoms with Crippen molar-refractivity contribution in [1.29, 1.82) is 0 Å². The number of ether oxygens (including phenoxy) is 1. The Balaban J connectivity index is 2.72. The summed E-state index contributed by atoms with van der Waals surface area (Å²) in [6.45, 7) is 8.00. The second kappa shape index (κ2) is 6.52. The fraction of sp³-hybridized carbons (Fsp3) is 0.571. The molecule has 0 amide bonds. The summed E-state index contributed by atoms with van der Waals surface area (Å²) in [6, 6.07) is 4.83. The lowest BCUT2D eigenvalue weighted by Gasteiger charge is -2.23. The van der Waals surface area contributed by atoms with Gasteiger partial charge < -0.3 is 10.1 Å². The van der Waals surface area contributed by atoms with Gasteiger partial charge in [-0.3, -0.25) is 10.1 Å². The first kappa shape index (κ1) is 15.4. The number of methoxy groups -OCH3 is 1. The molecule has 106 valence electrons. The zero-order valence-electron chi connectivity index (χ0n) is 12.0. The van der Waals surface area contributed by atoms with Crippen molar-refractivity contribution in [2.24, 2.45) is 5.41 Å². The number of non-ortho nitro benzene ring substituents is 1. The van der Waals surface area contributed by atoms with E-state index in [2.05, 4.69) is 26.1 Å². The molecule has 1 aromatic rings. The maximum Gasteiger partial charge on any atom is 0.273 e. The summed E-state index contributed by atoms with van der Waals surface area (Å²) >= 11 is 0. The fourth-order valence-corrected chi connectivity index (χ4v) is 1.64. The van der Waals surface area contributed by atoms with Crippen LogP contribution in [0, 0.1) is 15.5 Å². The van der Waals surface area contributed by atoms with Crippen LogP contribution in [0.15, 0.2) is 18.2 Å². The maximum atomic E-state index is 10.8. The van der Waals surface area contributed by atoms with Crippen LogP contribution in [-0.2, 0) is 6.54 Å². The van der Waals surface area contributed by atoms with E-state index in [1.165, 1.54) is 13.2 Å². The van der Waals surface area contributed by atoms with Gasteiger partial charge in [-0.1, -0.05) is 20.8 Å². The average molecular weight is 266 g/mol. The second-order valence-electron chi connectivity index (χ2n) is 5.42. The summed E-state index contributed by atoms with van der Waals surface area (Å²) < 4.78 is 5.08. The quantitative estimate of drug-likeness (QED) is 0.608. The highest BCUT2D eigenvalue weighted by atomic mass is 16.6. The van der Waals surface area contributed by atoms with E-state index in [0.717, 1.165) is 18.5 Å². The SMILES string of the molecule is CCC(C)(C)CNCc1cc(OC)cc([N+](=O)[O-])c1. The standard InChI is InChI=1S/C14H22N2O3/c1-5-14(2,3)10-15-9-11-6-12(16(17)18)8-13(7-11)19-4/h6-8,15H,5,9-10H2,1-4H3. The number of rotatable bonds is 7. The van der Waals surface area contributed by atoms with Crippen molar-refractivity contribution < 1.29 is 9.66 Å². The molecule has 1 aromatic carbocycles. The van der Waals surface area contributed by atoms with Crippen LogP contribution in [0.25, 0.3) is 0 Å². The molecule has 5 nitrogen and oxygen atoms in total. The minimum Gasteiger partial charge on any atom is -0.496 e. The lowest BCUT2D eigenvalue weighted by Crippen LogP contribution is -2.28. The van der Waals surface area contributed by atoms with Gasteiger partial charge in [-0.25, -0.2) is 0 Å². The van der Waals surface area contributed by atoms with Gasteiger partial charge in [0.05, 0.1) is 18.1 Å². The van der Waals surface area contributed by atoms with Crippen LogP contribution in [0.3, 0.4) is 0 Å². The van der Waals surface area contributed by atoms with Crippen LogP contribution in [0.1, 0.15) is 32.8 Å². The minimum absolute atomic E-state index is 0.0610. The summed E-state index contributed by atoms with van der Waals surface area (Å²) in [5, 5.41) is 14.2. The monoisotopic (exact) mass is 266 g/mol. The van der Waals surface area contributed by atoms with Crippen LogP contribution < -0.4 is 10.1 Å². The van der Waals surface area contributed by atoms with Gasteiger partial charge in [0.15, 0.2) is 0 Å². The van der Waals surface area contributed by atoms with Crippen molar-refractivity contribution >= 4 is 5.69 Å². The van der Waals surface area contributed by atoms with E-state index in [1.807, 2.05) is 6.07 Å². The number of nitro groups is 1. The molecule has 0 bridgehead atoms. The molecule has 0 heterocycles. The van der Waals surface area contributed by atoms with Crippen molar-refractivity contribution in [3.05, 3.63) is 33.9 Å². The Kier molecular flexibility index (Phi) is 5.30. The van der Waals surface area contributed by atoms with Crippen LogP contribution in [-0.4, -0.2) is 18.6 Å². The second-order valence-corrected chi connectivity index (χ2v) is 5.42. The third kappa shape index (κ3) is 4.87. The number of hydrogen-bond acceptors (Lipinski definition) is 4. The Hall–Kier alpha value is -1.62. The molecular weight excluding hydrogens is 244 g/mol. The molecule has 0 aliphatic heterocycles. The highest BCUT2D eigenvalue weighted by Gasteiger charge is 2.15. The summed E-state index contributed by atoms with van der Waals surface area (Å²) in [7, 11) is 1.51. The van der Waals surface area contributed by atoms with Crippen LogP contribution in [0.4, 0.5) is 5.69 Å². The lowest BCUT2D eigenvalue weighted by molar-refractivity contribution is -0.385. The Morgan fingerprint density at radius 2 is 2.05 bits per heavy atom. The van der Waals surface area contributed by atoms with Crippen LogP contribution in [0.2, 0.25) is 0 Å². The topological polar surface area (TPSA) is 64.4 Å². The van der Waals surface area contributed by atoms with Crippen molar-refractivity contribution in [2.75, 3.05) is 13.7 Å². The van der Waals surface area contributed by atoms with Crippen molar-refractivity contribution in [3.63, 3.8) is 0 Å². The van der Waals surface area contributed by atoms with Gasteiger partial charge in [0, 0.05) is 19.2 Å². The first-order chi connectivity index (χ1) is 8.88. The number of nitro benzene ring substituents is 1. The molecule has 1 rings (SSSR count). The highest BCUT2D eigenvalue weighted by Crippen LogP contribution is 2.23. The smallest absolute Gasteiger partial charge is 0.273 e. The van der Waals surface area contributed by atoms with Crippen LogP contribution >= 0.6 is 0 Å². The van der Waals surface area contributed by atoms with E-state index in [1.54, 1.807) is 6.07 Å². The molecule has 5 heteroatoms. The summed E-state index contributed by atoms with van der Waals surface area (Å²) in [6.07, 6.45) is 1.08. The average Bonchev–Trinajstić information content (AvgIpc) is 2.38. The van der Waals surface area contributed by atoms with Gasteiger partial charge in [0.2, 0.25) is 0 Å². The molecule has 0 atom stereocenters. The van der Waals surface area contributed by atoms with Crippen LogP contribution in [0.5, 0.6) is 5.75 Å². The number of nitrogens with zero attached hydrogens (tertiary/aromatic N) is 1.